The number of carbonyl (C=O) groups excluding carboxylic acids is 3. The topological polar surface area (TPSA) is 117 Å². The van der Waals surface area contributed by atoms with E-state index in [4.69, 9.17) is 23.7 Å². The average Bonchev–Trinajstić information content (AvgIpc) is 3.20. The lowest BCUT2D eigenvalue weighted by atomic mass is 9.94. The van der Waals surface area contributed by atoms with E-state index in [1.807, 2.05) is 6.79 Å². The van der Waals surface area contributed by atoms with Crippen LogP contribution in [0.15, 0.2) is 0 Å². The Balaban J connectivity index is -0.000000600. The lowest BCUT2D eigenvalue weighted by Crippen LogP contribution is -2.23. The summed E-state index contributed by atoms with van der Waals surface area (Å²) in [4.78, 5) is 33.0. The van der Waals surface area contributed by atoms with E-state index in [9.17, 15) is 9.59 Å². The number of carbonyl (C=O) groups is 3. The van der Waals surface area contributed by atoms with E-state index in [0.717, 1.165) is 70.3 Å². The third-order valence-corrected chi connectivity index (χ3v) is 9.73. The lowest BCUT2D eigenvalue weighted by Gasteiger charge is -2.19. The zero-order chi connectivity index (χ0) is 42.0. The monoisotopic (exact) mass is 789 g/mol. The van der Waals surface area contributed by atoms with E-state index in [-0.39, 0.29) is 11.9 Å². The maximum Gasteiger partial charge on any atom is 0.308 e. The van der Waals surface area contributed by atoms with Gasteiger partial charge in [-0.05, 0) is 78.6 Å². The largest absolute Gasteiger partial charge is 0.468 e. The third kappa shape index (κ3) is 52.5. The van der Waals surface area contributed by atoms with Crippen LogP contribution in [0.1, 0.15) is 195 Å². The normalized spacial score (nSPS) is 11.3. The van der Waals surface area contributed by atoms with E-state index in [1.165, 1.54) is 110 Å². The zero-order valence-corrected chi connectivity index (χ0v) is 38.0. The number of unbranched alkanes of at least 4 members (excludes halogenated alkanes) is 14. The molecule has 0 aliphatic rings. The van der Waals surface area contributed by atoms with Gasteiger partial charge >= 0.3 is 5.97 Å². The molecule has 0 amide bonds. The molecule has 9 heteroatoms. The Bertz CT molecular complexity index is 690. The molecule has 1 atom stereocenters. The first-order valence-corrected chi connectivity index (χ1v) is 22.7. The molecule has 0 heterocycles. The molecule has 0 aromatic rings. The Morgan fingerprint density at radius 1 is 0.582 bits per heavy atom. The first-order chi connectivity index (χ1) is 26.9. The summed E-state index contributed by atoms with van der Waals surface area (Å²) in [5.74, 6) is 1.41. The van der Waals surface area contributed by atoms with Crippen molar-refractivity contribution in [1.82, 2.24) is 4.90 Å². The fraction of sp³-hybridized carbons (Fsp3) is 0.935. The van der Waals surface area contributed by atoms with Crippen LogP contribution in [0.5, 0.6) is 0 Å². The number of hydrogen-bond donors (Lipinski definition) is 1. The highest BCUT2D eigenvalue weighted by atomic mass is 16.5. The second-order valence-electron chi connectivity index (χ2n) is 15.4. The first-order valence-electron chi connectivity index (χ1n) is 22.7. The van der Waals surface area contributed by atoms with Gasteiger partial charge in [-0.25, -0.2) is 0 Å². The van der Waals surface area contributed by atoms with E-state index < -0.39 is 0 Å². The number of ether oxygens (including phenoxy) is 4. The number of esters is 1. The highest BCUT2D eigenvalue weighted by molar-refractivity contribution is 5.72. The summed E-state index contributed by atoms with van der Waals surface area (Å²) in [6.45, 7) is 18.6. The Hall–Kier alpha value is -1.55. The van der Waals surface area contributed by atoms with Gasteiger partial charge in [0.25, 0.3) is 6.47 Å². The quantitative estimate of drug-likeness (QED) is 0.0369. The molecule has 0 saturated carbocycles. The van der Waals surface area contributed by atoms with Crippen molar-refractivity contribution in [3.63, 3.8) is 0 Å². The van der Waals surface area contributed by atoms with Crippen LogP contribution >= 0.6 is 0 Å². The number of nitrogens with two attached hydrogens (primary N) is 1. The van der Waals surface area contributed by atoms with Crippen LogP contribution in [-0.2, 0) is 33.3 Å². The van der Waals surface area contributed by atoms with E-state index >= 15 is 0 Å². The minimum atomic E-state index is 0.00698. The highest BCUT2D eigenvalue weighted by Crippen LogP contribution is 2.20. The summed E-state index contributed by atoms with van der Waals surface area (Å²) in [5, 5.41) is 0. The van der Waals surface area contributed by atoms with Gasteiger partial charge in [-0.2, -0.15) is 0 Å². The minimum Gasteiger partial charge on any atom is -0.468 e. The van der Waals surface area contributed by atoms with Crippen LogP contribution in [0.3, 0.4) is 0 Å². The summed E-state index contributed by atoms with van der Waals surface area (Å²) in [6.07, 6.45) is 30.4. The van der Waals surface area contributed by atoms with Crippen LogP contribution in [0.4, 0.5) is 0 Å². The second kappa shape index (κ2) is 54.5. The molecule has 0 fully saturated rings. The average molecular weight is 789 g/mol. The van der Waals surface area contributed by atoms with Crippen molar-refractivity contribution in [2.45, 2.75) is 195 Å². The second-order valence-corrected chi connectivity index (χ2v) is 15.4. The first kappa shape index (κ1) is 60.1. The zero-order valence-electron chi connectivity index (χ0n) is 38.0. The van der Waals surface area contributed by atoms with Gasteiger partial charge in [-0.3, -0.25) is 9.59 Å². The van der Waals surface area contributed by atoms with E-state index in [1.54, 1.807) is 0 Å². The van der Waals surface area contributed by atoms with E-state index in [0.29, 0.717) is 52.0 Å². The van der Waals surface area contributed by atoms with E-state index in [2.05, 4.69) is 59.3 Å². The van der Waals surface area contributed by atoms with Crippen molar-refractivity contribution in [3.8, 4) is 0 Å². The van der Waals surface area contributed by atoms with Crippen LogP contribution in [0, 0.1) is 17.8 Å². The number of rotatable bonds is 39. The van der Waals surface area contributed by atoms with Crippen molar-refractivity contribution in [2.75, 3.05) is 67.3 Å². The van der Waals surface area contributed by atoms with Crippen molar-refractivity contribution >= 4 is 19.2 Å². The molecule has 0 aromatic heterocycles. The molecule has 9 nitrogen and oxygen atoms in total. The Morgan fingerprint density at radius 3 is 1.38 bits per heavy atom. The third-order valence-electron chi connectivity index (χ3n) is 9.73. The summed E-state index contributed by atoms with van der Waals surface area (Å²) >= 11 is 0. The maximum absolute atomic E-state index is 12.7. The summed E-state index contributed by atoms with van der Waals surface area (Å²) in [6, 6.07) is 0. The van der Waals surface area contributed by atoms with Gasteiger partial charge in [0.2, 0.25) is 0 Å². The molecule has 0 aliphatic carbocycles. The smallest absolute Gasteiger partial charge is 0.308 e. The summed E-state index contributed by atoms with van der Waals surface area (Å²) in [5.41, 5.74) is 4.50. The van der Waals surface area contributed by atoms with Gasteiger partial charge in [0.1, 0.15) is 6.79 Å². The molecule has 55 heavy (non-hydrogen) atoms. The molecule has 0 bridgehead atoms. The van der Waals surface area contributed by atoms with Crippen molar-refractivity contribution < 1.29 is 33.3 Å². The molecular formula is C46H96N2O7. The van der Waals surface area contributed by atoms with Crippen LogP contribution in [0.2, 0.25) is 0 Å². The fourth-order valence-electron chi connectivity index (χ4n) is 6.19. The van der Waals surface area contributed by atoms with Gasteiger partial charge in [-0.15, -0.1) is 0 Å². The predicted molar refractivity (Wildman–Crippen MR) is 235 cm³/mol. The maximum atomic E-state index is 12.7. The summed E-state index contributed by atoms with van der Waals surface area (Å²) < 4.78 is 22.1. The molecular weight excluding hydrogens is 693 g/mol. The molecule has 0 aliphatic heterocycles. The van der Waals surface area contributed by atoms with Crippen molar-refractivity contribution in [3.05, 3.63) is 0 Å². The molecule has 0 aromatic carbocycles. The van der Waals surface area contributed by atoms with Crippen LogP contribution in [-0.4, -0.2) is 91.5 Å². The number of hydrogen-bond acceptors (Lipinski definition) is 9. The van der Waals surface area contributed by atoms with Crippen LogP contribution < -0.4 is 5.73 Å². The standard InChI is InChI=1S/C30H59NO6.C14H30.CH5N.CH2O/c1-5-7-9-11-17-29(18-12-10-8-6-2)30(33)37-24-16-15-22-35-26-28(19-20-31(3)4)25-34-21-13-14-23-36-27-32;1-4-6-8-10-12-14(3)13-11-9-7-5-2;2*1-2/h27-29H,5-26H2,1-4H3;14H,4-13H2,1-3H3;2H2,1H3;1H2. The van der Waals surface area contributed by atoms with Gasteiger partial charge in [0, 0.05) is 19.1 Å². The molecule has 2 N–H and O–H groups in total. The van der Waals surface area contributed by atoms with Gasteiger partial charge < -0.3 is 34.4 Å². The molecule has 0 spiro atoms. The molecule has 332 valence electrons. The predicted octanol–water partition coefficient (Wildman–Crippen LogP) is 11.4. The SMILES string of the molecule is C=O.CCCCCCC(C)CCCCCC.CCCCCCC(CCCCCC)C(=O)OCCCCOCC(CCN(C)C)COCCCCOC=O.CN. The highest BCUT2D eigenvalue weighted by Gasteiger charge is 2.19. The molecule has 1 unspecified atom stereocenters. The van der Waals surface area contributed by atoms with Gasteiger partial charge in [-0.1, -0.05) is 150 Å². The minimum absolute atomic E-state index is 0.00698. The Labute approximate surface area is 342 Å². The van der Waals surface area contributed by atoms with Crippen LogP contribution in [0.25, 0.3) is 0 Å². The van der Waals surface area contributed by atoms with Crippen molar-refractivity contribution in [1.29, 1.82) is 0 Å². The molecule has 0 radical (unpaired) electrons. The van der Waals surface area contributed by atoms with Gasteiger partial charge in [0.15, 0.2) is 0 Å². The number of nitrogens with zero attached hydrogens (tertiary/aromatic N) is 1. The lowest BCUT2D eigenvalue weighted by molar-refractivity contribution is -0.149. The van der Waals surface area contributed by atoms with Gasteiger partial charge in [0.05, 0.1) is 32.3 Å². The summed E-state index contributed by atoms with van der Waals surface area (Å²) in [7, 11) is 5.65. The Kier molecular flexibility index (Phi) is 59.6. The molecule has 0 rings (SSSR count). The fourth-order valence-corrected chi connectivity index (χ4v) is 6.19. The van der Waals surface area contributed by atoms with Crippen molar-refractivity contribution in [2.24, 2.45) is 23.5 Å². The molecule has 0 saturated heterocycles. The Morgan fingerprint density at radius 2 is 0.982 bits per heavy atom.